The molecule has 0 aliphatic carbocycles. The Kier molecular flexibility index (Phi) is 3.46. The molecule has 1 heterocycles. The predicted molar refractivity (Wildman–Crippen MR) is 61.5 cm³/mol. The van der Waals surface area contributed by atoms with Crippen molar-refractivity contribution < 1.29 is 14.9 Å². The van der Waals surface area contributed by atoms with Crippen molar-refractivity contribution in [1.82, 2.24) is 0 Å². The van der Waals surface area contributed by atoms with Crippen LogP contribution in [0.5, 0.6) is 5.75 Å². The van der Waals surface area contributed by atoms with Gasteiger partial charge < -0.3 is 14.9 Å². The zero-order valence-corrected chi connectivity index (χ0v) is 9.52. The minimum atomic E-state index is -0.786. The predicted octanol–water partition coefficient (Wildman–Crippen LogP) is 1.82. The lowest BCUT2D eigenvalue weighted by atomic mass is 9.98. The third-order valence-corrected chi connectivity index (χ3v) is 3.00. The minimum absolute atomic E-state index is 0.620. The fraction of sp³-hybridized carbons (Fsp3) is 0.538. The van der Waals surface area contributed by atoms with Crippen molar-refractivity contribution in [3.8, 4) is 5.75 Å². The van der Waals surface area contributed by atoms with Crippen LogP contribution < -0.4 is 4.74 Å². The van der Waals surface area contributed by atoms with Crippen LogP contribution in [-0.2, 0) is 6.42 Å². The summed E-state index contributed by atoms with van der Waals surface area (Å²) in [7, 11) is 0. The Hall–Kier alpha value is -1.06. The van der Waals surface area contributed by atoms with Crippen molar-refractivity contribution in [3.05, 3.63) is 29.3 Å². The van der Waals surface area contributed by atoms with E-state index in [0.29, 0.717) is 13.0 Å². The van der Waals surface area contributed by atoms with Gasteiger partial charge >= 0.3 is 0 Å². The third kappa shape index (κ3) is 2.20. The molecule has 0 bridgehead atoms. The van der Waals surface area contributed by atoms with Crippen molar-refractivity contribution in [3.63, 3.8) is 0 Å². The highest BCUT2D eigenvalue weighted by Crippen LogP contribution is 2.29. The second kappa shape index (κ2) is 4.85. The first-order valence-corrected chi connectivity index (χ1v) is 5.84. The van der Waals surface area contributed by atoms with Gasteiger partial charge in [-0.15, -0.1) is 0 Å². The van der Waals surface area contributed by atoms with Crippen LogP contribution in [0.3, 0.4) is 0 Å². The van der Waals surface area contributed by atoms with Crippen molar-refractivity contribution in [2.75, 3.05) is 6.61 Å². The fourth-order valence-corrected chi connectivity index (χ4v) is 2.07. The van der Waals surface area contributed by atoms with Gasteiger partial charge in [-0.2, -0.15) is 0 Å². The third-order valence-electron chi connectivity index (χ3n) is 3.00. The number of hydrogen-bond acceptors (Lipinski definition) is 3. The van der Waals surface area contributed by atoms with Gasteiger partial charge in [-0.3, -0.25) is 0 Å². The van der Waals surface area contributed by atoms with E-state index in [1.54, 1.807) is 0 Å². The molecule has 16 heavy (non-hydrogen) atoms. The van der Waals surface area contributed by atoms with E-state index < -0.39 is 12.2 Å². The molecular formula is C13H18O3. The molecule has 2 N–H and O–H groups in total. The fourth-order valence-electron chi connectivity index (χ4n) is 2.07. The maximum absolute atomic E-state index is 9.96. The Bertz CT molecular complexity index is 362. The van der Waals surface area contributed by atoms with Crippen LogP contribution in [0.4, 0.5) is 0 Å². The average molecular weight is 222 g/mol. The van der Waals surface area contributed by atoms with E-state index in [2.05, 4.69) is 0 Å². The SMILES string of the molecule is CCCC(O)C(O)c1ccc2c(c1)CCO2. The topological polar surface area (TPSA) is 49.7 Å². The maximum atomic E-state index is 9.96. The summed E-state index contributed by atoms with van der Waals surface area (Å²) in [5.41, 5.74) is 1.91. The van der Waals surface area contributed by atoms with Crippen molar-refractivity contribution in [1.29, 1.82) is 0 Å². The van der Waals surface area contributed by atoms with E-state index in [9.17, 15) is 10.2 Å². The molecule has 1 aliphatic rings. The molecule has 0 spiro atoms. The smallest absolute Gasteiger partial charge is 0.122 e. The number of aliphatic hydroxyl groups excluding tert-OH is 2. The van der Waals surface area contributed by atoms with Crippen LogP contribution in [0.15, 0.2) is 18.2 Å². The van der Waals surface area contributed by atoms with Gasteiger partial charge in [-0.25, -0.2) is 0 Å². The van der Waals surface area contributed by atoms with Gasteiger partial charge in [0.2, 0.25) is 0 Å². The van der Waals surface area contributed by atoms with Crippen LogP contribution in [-0.4, -0.2) is 22.9 Å². The standard InChI is InChI=1S/C13H18O3/c1-2-3-11(14)13(15)10-4-5-12-9(8-10)6-7-16-12/h4-5,8,11,13-15H,2-3,6-7H2,1H3. The molecule has 2 atom stereocenters. The first-order valence-electron chi connectivity index (χ1n) is 5.84. The minimum Gasteiger partial charge on any atom is -0.493 e. The normalized spacial score (nSPS) is 17.7. The van der Waals surface area contributed by atoms with Gasteiger partial charge in [0.25, 0.3) is 0 Å². The van der Waals surface area contributed by atoms with E-state index >= 15 is 0 Å². The first kappa shape index (κ1) is 11.4. The molecule has 1 aromatic carbocycles. The van der Waals surface area contributed by atoms with E-state index in [4.69, 9.17) is 4.74 Å². The summed E-state index contributed by atoms with van der Waals surface area (Å²) in [5.74, 6) is 0.904. The number of benzene rings is 1. The second-order valence-corrected chi connectivity index (χ2v) is 4.27. The lowest BCUT2D eigenvalue weighted by Gasteiger charge is -2.18. The number of hydrogen-bond donors (Lipinski definition) is 2. The zero-order chi connectivity index (χ0) is 11.5. The quantitative estimate of drug-likeness (QED) is 0.817. The molecule has 0 aromatic heterocycles. The Morgan fingerprint density at radius 1 is 1.38 bits per heavy atom. The van der Waals surface area contributed by atoms with E-state index in [1.807, 2.05) is 25.1 Å². The van der Waals surface area contributed by atoms with E-state index in [-0.39, 0.29) is 0 Å². The van der Waals surface area contributed by atoms with Crippen LogP contribution in [0.2, 0.25) is 0 Å². The summed E-state index contributed by atoms with van der Waals surface area (Å²) in [5, 5.41) is 19.7. The Balaban J connectivity index is 2.14. The monoisotopic (exact) mass is 222 g/mol. The largest absolute Gasteiger partial charge is 0.493 e. The molecule has 0 fully saturated rings. The molecule has 0 saturated carbocycles. The lowest BCUT2D eigenvalue weighted by Crippen LogP contribution is -2.17. The van der Waals surface area contributed by atoms with Crippen LogP contribution in [0, 0.1) is 0 Å². The van der Waals surface area contributed by atoms with Gasteiger partial charge in [0.15, 0.2) is 0 Å². The second-order valence-electron chi connectivity index (χ2n) is 4.27. The number of aliphatic hydroxyl groups is 2. The highest BCUT2D eigenvalue weighted by molar-refractivity contribution is 5.40. The summed E-state index contributed by atoms with van der Waals surface area (Å²) >= 11 is 0. The summed E-state index contributed by atoms with van der Waals surface area (Å²) in [6.45, 7) is 2.71. The summed E-state index contributed by atoms with van der Waals surface area (Å²) < 4.78 is 5.40. The van der Waals surface area contributed by atoms with Crippen LogP contribution in [0.1, 0.15) is 37.0 Å². The van der Waals surface area contributed by atoms with Crippen LogP contribution >= 0.6 is 0 Å². The highest BCUT2D eigenvalue weighted by Gasteiger charge is 2.20. The number of rotatable bonds is 4. The molecule has 3 nitrogen and oxygen atoms in total. The van der Waals surface area contributed by atoms with Gasteiger partial charge in [-0.1, -0.05) is 19.4 Å². The lowest BCUT2D eigenvalue weighted by molar-refractivity contribution is 0.0130. The van der Waals surface area contributed by atoms with Crippen LogP contribution in [0.25, 0.3) is 0 Å². The molecular weight excluding hydrogens is 204 g/mol. The maximum Gasteiger partial charge on any atom is 0.122 e. The number of ether oxygens (including phenoxy) is 1. The molecule has 0 saturated heterocycles. The molecule has 0 amide bonds. The van der Waals surface area contributed by atoms with E-state index in [1.165, 1.54) is 0 Å². The van der Waals surface area contributed by atoms with Gasteiger partial charge in [0.05, 0.1) is 12.7 Å². The summed E-state index contributed by atoms with van der Waals surface area (Å²) in [6.07, 6.45) is 0.914. The summed E-state index contributed by atoms with van der Waals surface area (Å²) in [6, 6.07) is 5.64. The first-order chi connectivity index (χ1) is 7.72. The molecule has 2 rings (SSSR count). The van der Waals surface area contributed by atoms with Crippen molar-refractivity contribution in [2.45, 2.75) is 38.4 Å². The molecule has 1 aliphatic heterocycles. The highest BCUT2D eigenvalue weighted by atomic mass is 16.5. The Morgan fingerprint density at radius 3 is 2.94 bits per heavy atom. The molecule has 1 aromatic rings. The van der Waals surface area contributed by atoms with Crippen molar-refractivity contribution in [2.24, 2.45) is 0 Å². The zero-order valence-electron chi connectivity index (χ0n) is 9.52. The van der Waals surface area contributed by atoms with Crippen molar-refractivity contribution >= 4 is 0 Å². The molecule has 88 valence electrons. The van der Waals surface area contributed by atoms with Gasteiger partial charge in [0.1, 0.15) is 11.9 Å². The Morgan fingerprint density at radius 2 is 2.19 bits per heavy atom. The molecule has 2 unspecified atom stereocenters. The summed E-state index contributed by atoms with van der Waals surface area (Å²) in [4.78, 5) is 0. The van der Waals surface area contributed by atoms with Gasteiger partial charge in [-0.05, 0) is 29.7 Å². The number of fused-ring (bicyclic) bond motifs is 1. The Labute approximate surface area is 95.7 Å². The molecule has 0 radical (unpaired) electrons. The van der Waals surface area contributed by atoms with E-state index in [0.717, 1.165) is 29.7 Å². The molecule has 3 heteroatoms. The average Bonchev–Trinajstić information content (AvgIpc) is 2.75. The van der Waals surface area contributed by atoms with Gasteiger partial charge in [0, 0.05) is 6.42 Å².